The van der Waals surface area contributed by atoms with Gasteiger partial charge in [-0.2, -0.15) is 0 Å². The van der Waals surface area contributed by atoms with Crippen LogP contribution in [0.15, 0.2) is 24.3 Å². The fourth-order valence-corrected chi connectivity index (χ4v) is 2.47. The van der Waals surface area contributed by atoms with Crippen LogP contribution >= 0.6 is 11.8 Å². The van der Waals surface area contributed by atoms with Crippen molar-refractivity contribution in [3.05, 3.63) is 39.9 Å². The SMILES string of the molecule is O=[N+]([O-])c1ccc([C@@H]2NCCS2)cc1. The summed E-state index contributed by atoms with van der Waals surface area (Å²) >= 11 is 1.83. The maximum atomic E-state index is 10.4. The Hall–Kier alpha value is -1.07. The van der Waals surface area contributed by atoms with Crippen molar-refractivity contribution >= 4 is 17.4 Å². The van der Waals surface area contributed by atoms with E-state index in [1.54, 1.807) is 12.1 Å². The molecular weight excluding hydrogens is 200 g/mol. The topological polar surface area (TPSA) is 55.2 Å². The summed E-state index contributed by atoms with van der Waals surface area (Å²) in [6.45, 7) is 1.01. The lowest BCUT2D eigenvalue weighted by molar-refractivity contribution is -0.384. The second-order valence-corrected chi connectivity index (χ2v) is 4.27. The van der Waals surface area contributed by atoms with E-state index in [0.717, 1.165) is 17.9 Å². The van der Waals surface area contributed by atoms with Gasteiger partial charge in [-0.3, -0.25) is 10.1 Å². The van der Waals surface area contributed by atoms with E-state index < -0.39 is 0 Å². The first-order valence-electron chi connectivity index (χ1n) is 4.37. The van der Waals surface area contributed by atoms with E-state index >= 15 is 0 Å². The van der Waals surface area contributed by atoms with Gasteiger partial charge in [0.25, 0.3) is 5.69 Å². The number of thioether (sulfide) groups is 1. The minimum atomic E-state index is -0.376. The third kappa shape index (κ3) is 1.88. The van der Waals surface area contributed by atoms with Crippen molar-refractivity contribution in [2.24, 2.45) is 0 Å². The molecular formula is C9H10N2O2S. The maximum absolute atomic E-state index is 10.4. The molecule has 1 aromatic rings. The van der Waals surface area contributed by atoms with E-state index in [0.29, 0.717) is 5.37 Å². The minimum absolute atomic E-state index is 0.150. The number of rotatable bonds is 2. The van der Waals surface area contributed by atoms with Gasteiger partial charge in [-0.15, -0.1) is 11.8 Å². The van der Waals surface area contributed by atoms with Gasteiger partial charge in [0.15, 0.2) is 0 Å². The zero-order chi connectivity index (χ0) is 9.97. The normalized spacial score (nSPS) is 21.0. The molecule has 1 aliphatic rings. The van der Waals surface area contributed by atoms with E-state index in [1.165, 1.54) is 0 Å². The molecule has 0 unspecified atom stereocenters. The van der Waals surface area contributed by atoms with Gasteiger partial charge in [0.2, 0.25) is 0 Å². The second-order valence-electron chi connectivity index (χ2n) is 3.05. The molecule has 2 rings (SSSR count). The van der Waals surface area contributed by atoms with Gasteiger partial charge in [0, 0.05) is 24.4 Å². The first-order valence-corrected chi connectivity index (χ1v) is 5.41. The summed E-state index contributed by atoms with van der Waals surface area (Å²) < 4.78 is 0. The molecule has 0 aliphatic carbocycles. The molecule has 0 spiro atoms. The van der Waals surface area contributed by atoms with Crippen LogP contribution in [0.5, 0.6) is 0 Å². The van der Waals surface area contributed by atoms with Crippen LogP contribution in [0.25, 0.3) is 0 Å². The number of non-ortho nitro benzene ring substituents is 1. The number of nitrogens with zero attached hydrogens (tertiary/aromatic N) is 1. The predicted molar refractivity (Wildman–Crippen MR) is 56.3 cm³/mol. The minimum Gasteiger partial charge on any atom is -0.301 e. The third-order valence-corrected chi connectivity index (χ3v) is 3.33. The summed E-state index contributed by atoms with van der Waals surface area (Å²) in [6.07, 6.45) is 0. The molecule has 1 fully saturated rings. The lowest BCUT2D eigenvalue weighted by atomic mass is 10.2. The van der Waals surface area contributed by atoms with Crippen LogP contribution in [0.1, 0.15) is 10.9 Å². The van der Waals surface area contributed by atoms with Gasteiger partial charge in [-0.25, -0.2) is 0 Å². The van der Waals surface area contributed by atoms with Crippen LogP contribution in [0.2, 0.25) is 0 Å². The summed E-state index contributed by atoms with van der Waals surface area (Å²) in [6, 6.07) is 6.73. The molecule has 1 aromatic carbocycles. The number of nitrogens with one attached hydrogen (secondary N) is 1. The Bertz CT molecular complexity index is 333. The first kappa shape index (κ1) is 9.48. The van der Waals surface area contributed by atoms with E-state index in [2.05, 4.69) is 5.32 Å². The Morgan fingerprint density at radius 3 is 2.64 bits per heavy atom. The van der Waals surface area contributed by atoms with Crippen LogP contribution in [0.3, 0.4) is 0 Å². The molecule has 1 atom stereocenters. The predicted octanol–water partition coefficient (Wildman–Crippen LogP) is 1.93. The fraction of sp³-hybridized carbons (Fsp3) is 0.333. The van der Waals surface area contributed by atoms with Crippen LogP contribution < -0.4 is 5.32 Å². The van der Waals surface area contributed by atoms with Gasteiger partial charge in [-0.1, -0.05) is 0 Å². The lowest BCUT2D eigenvalue weighted by Crippen LogP contribution is -2.11. The third-order valence-electron chi connectivity index (χ3n) is 2.12. The van der Waals surface area contributed by atoms with Crippen molar-refractivity contribution in [3.8, 4) is 0 Å². The zero-order valence-corrected chi connectivity index (χ0v) is 8.29. The largest absolute Gasteiger partial charge is 0.301 e. The fourth-order valence-electron chi connectivity index (χ4n) is 1.41. The average molecular weight is 210 g/mol. The molecule has 0 radical (unpaired) electrons. The number of hydrogen-bond donors (Lipinski definition) is 1. The van der Waals surface area contributed by atoms with E-state index in [1.807, 2.05) is 23.9 Å². The quantitative estimate of drug-likeness (QED) is 0.598. The Balaban J connectivity index is 2.16. The van der Waals surface area contributed by atoms with Crippen molar-refractivity contribution in [2.75, 3.05) is 12.3 Å². The Morgan fingerprint density at radius 2 is 2.14 bits per heavy atom. The molecule has 0 bridgehead atoms. The van der Waals surface area contributed by atoms with Crippen molar-refractivity contribution < 1.29 is 4.92 Å². The number of nitro groups is 1. The first-order chi connectivity index (χ1) is 6.77. The van der Waals surface area contributed by atoms with E-state index in [4.69, 9.17) is 0 Å². The van der Waals surface area contributed by atoms with Crippen LogP contribution in [-0.4, -0.2) is 17.2 Å². The van der Waals surface area contributed by atoms with E-state index in [-0.39, 0.29) is 10.6 Å². The van der Waals surface area contributed by atoms with Gasteiger partial charge in [0.05, 0.1) is 10.3 Å². The van der Waals surface area contributed by atoms with Gasteiger partial charge < -0.3 is 5.32 Å². The van der Waals surface area contributed by atoms with Crippen molar-refractivity contribution in [3.63, 3.8) is 0 Å². The molecule has 1 aliphatic heterocycles. The molecule has 0 saturated carbocycles. The molecule has 4 nitrogen and oxygen atoms in total. The molecule has 1 saturated heterocycles. The molecule has 5 heteroatoms. The molecule has 14 heavy (non-hydrogen) atoms. The van der Waals surface area contributed by atoms with Crippen LogP contribution in [0.4, 0.5) is 5.69 Å². The second kappa shape index (κ2) is 3.98. The molecule has 1 heterocycles. The highest BCUT2D eigenvalue weighted by molar-refractivity contribution is 7.99. The van der Waals surface area contributed by atoms with Crippen molar-refractivity contribution in [2.45, 2.75) is 5.37 Å². The molecule has 0 amide bonds. The monoisotopic (exact) mass is 210 g/mol. The smallest absolute Gasteiger partial charge is 0.269 e. The van der Waals surface area contributed by atoms with E-state index in [9.17, 15) is 10.1 Å². The zero-order valence-electron chi connectivity index (χ0n) is 7.47. The van der Waals surface area contributed by atoms with Gasteiger partial charge in [-0.05, 0) is 17.7 Å². The standard InChI is InChI=1S/C9H10N2O2S/c12-11(13)8-3-1-7(2-4-8)9-10-5-6-14-9/h1-4,9-10H,5-6H2/t9-/m1/s1. The lowest BCUT2D eigenvalue weighted by Gasteiger charge is -2.08. The number of benzene rings is 1. The Morgan fingerprint density at radius 1 is 1.43 bits per heavy atom. The summed E-state index contributed by atoms with van der Waals surface area (Å²) in [4.78, 5) is 10.0. The van der Waals surface area contributed by atoms with Gasteiger partial charge >= 0.3 is 0 Å². The number of hydrogen-bond acceptors (Lipinski definition) is 4. The van der Waals surface area contributed by atoms with Crippen LogP contribution in [-0.2, 0) is 0 Å². The van der Waals surface area contributed by atoms with Crippen molar-refractivity contribution in [1.29, 1.82) is 0 Å². The van der Waals surface area contributed by atoms with Crippen LogP contribution in [0, 0.1) is 10.1 Å². The Kier molecular flexibility index (Phi) is 2.69. The Labute approximate surface area is 85.8 Å². The maximum Gasteiger partial charge on any atom is 0.269 e. The number of nitro benzene ring substituents is 1. The summed E-state index contributed by atoms with van der Waals surface area (Å²) in [5.41, 5.74) is 1.26. The highest BCUT2D eigenvalue weighted by atomic mass is 32.2. The highest BCUT2D eigenvalue weighted by Gasteiger charge is 2.17. The summed E-state index contributed by atoms with van der Waals surface area (Å²) in [5, 5.41) is 14.0. The van der Waals surface area contributed by atoms with Gasteiger partial charge in [0.1, 0.15) is 0 Å². The molecule has 0 aromatic heterocycles. The summed E-state index contributed by atoms with van der Waals surface area (Å²) in [7, 11) is 0. The average Bonchev–Trinajstić information content (AvgIpc) is 2.71. The molecule has 1 N–H and O–H groups in total. The van der Waals surface area contributed by atoms with Crippen molar-refractivity contribution in [1.82, 2.24) is 5.32 Å². The summed E-state index contributed by atoms with van der Waals surface area (Å²) in [5.74, 6) is 1.10. The molecule has 74 valence electrons. The highest BCUT2D eigenvalue weighted by Crippen LogP contribution is 2.30.